The van der Waals surface area contributed by atoms with Gasteiger partial charge in [-0.05, 0) is 48.8 Å². The molecule has 0 unspecified atom stereocenters. The first kappa shape index (κ1) is 31.9. The fourth-order valence-electron chi connectivity index (χ4n) is 5.47. The minimum absolute atomic E-state index is 0.135. The lowest BCUT2D eigenvalue weighted by Gasteiger charge is -2.26. The third-order valence-electron chi connectivity index (χ3n) is 7.25. The highest BCUT2D eigenvalue weighted by molar-refractivity contribution is 6.80. The fourth-order valence-corrected chi connectivity index (χ4v) is 7.42. The predicted molar refractivity (Wildman–Crippen MR) is 181 cm³/mol. The van der Waals surface area contributed by atoms with Crippen LogP contribution in [-0.4, -0.2) is 31.3 Å². The highest BCUT2D eigenvalue weighted by atomic mass is 28.3. The van der Waals surface area contributed by atoms with Gasteiger partial charge in [-0.25, -0.2) is 14.2 Å². The Labute approximate surface area is 267 Å². The molecular formula is C38H40NO5Si. The molecule has 45 heavy (non-hydrogen) atoms. The molecule has 0 fully saturated rings. The molecule has 7 heteroatoms. The summed E-state index contributed by atoms with van der Waals surface area (Å²) in [4.78, 5) is 27.7. The van der Waals surface area contributed by atoms with Crippen LogP contribution in [0.2, 0.25) is 0 Å². The summed E-state index contributed by atoms with van der Waals surface area (Å²) in [5.41, 5.74) is 2.12. The van der Waals surface area contributed by atoms with Crippen molar-refractivity contribution in [2.75, 3.05) is 0 Å². The average Bonchev–Trinajstić information content (AvgIpc) is 3.36. The van der Waals surface area contributed by atoms with Gasteiger partial charge in [0.25, 0.3) is 9.04 Å². The topological polar surface area (TPSA) is 66.8 Å². The standard InChI is InChI=1S/C38H40NO5Si/c1-37(2,3)34-31(26-43-45(28-19-12-8-13-20-28)29-21-14-9-15-22-29)33-30(35(40)42-25-27-17-10-7-11-18-27)23-16-24-32(33)39(34)36(41)44-38(4,5)6/h7-24H,25-26H2,1-6H3. The number of carbonyl (C=O) groups is 2. The van der Waals surface area contributed by atoms with Crippen LogP contribution < -0.4 is 10.4 Å². The molecule has 231 valence electrons. The first-order valence-electron chi connectivity index (χ1n) is 15.2. The van der Waals surface area contributed by atoms with Crippen LogP contribution >= 0.6 is 0 Å². The lowest BCUT2D eigenvalue weighted by Crippen LogP contribution is -2.44. The monoisotopic (exact) mass is 618 g/mol. The van der Waals surface area contributed by atoms with Gasteiger partial charge in [0.2, 0.25) is 0 Å². The maximum atomic E-state index is 13.9. The number of hydrogen-bond donors (Lipinski definition) is 0. The Morgan fingerprint density at radius 3 is 1.78 bits per heavy atom. The van der Waals surface area contributed by atoms with Crippen molar-refractivity contribution in [3.05, 3.63) is 132 Å². The summed E-state index contributed by atoms with van der Waals surface area (Å²) in [7, 11) is -1.69. The van der Waals surface area contributed by atoms with E-state index in [-0.39, 0.29) is 13.2 Å². The molecule has 1 radical (unpaired) electrons. The summed E-state index contributed by atoms with van der Waals surface area (Å²) >= 11 is 0. The van der Waals surface area contributed by atoms with E-state index in [9.17, 15) is 9.59 Å². The second-order valence-electron chi connectivity index (χ2n) is 13.0. The van der Waals surface area contributed by atoms with Crippen LogP contribution in [0, 0.1) is 0 Å². The molecule has 0 aliphatic carbocycles. The van der Waals surface area contributed by atoms with Crippen LogP contribution in [-0.2, 0) is 32.5 Å². The molecule has 0 saturated heterocycles. The van der Waals surface area contributed by atoms with E-state index in [1.54, 1.807) is 16.7 Å². The van der Waals surface area contributed by atoms with Crippen molar-refractivity contribution >= 4 is 42.4 Å². The lowest BCUT2D eigenvalue weighted by molar-refractivity contribution is 0.0473. The Morgan fingerprint density at radius 2 is 1.24 bits per heavy atom. The van der Waals surface area contributed by atoms with Crippen LogP contribution in [0.5, 0.6) is 0 Å². The summed E-state index contributed by atoms with van der Waals surface area (Å²) in [6, 6.07) is 35.4. The number of carbonyl (C=O) groups excluding carboxylic acids is 2. The maximum absolute atomic E-state index is 13.9. The third kappa shape index (κ3) is 7.44. The molecule has 0 aliphatic heterocycles. The van der Waals surface area contributed by atoms with Crippen molar-refractivity contribution in [2.45, 2.75) is 65.8 Å². The highest BCUT2D eigenvalue weighted by Gasteiger charge is 2.34. The minimum atomic E-state index is -1.69. The average molecular weight is 619 g/mol. The van der Waals surface area contributed by atoms with Crippen LogP contribution in [0.1, 0.15) is 68.7 Å². The zero-order valence-electron chi connectivity index (χ0n) is 26.8. The number of nitrogens with zero attached hydrogens (tertiary/aromatic N) is 1. The van der Waals surface area contributed by atoms with E-state index < -0.39 is 32.1 Å². The molecule has 5 rings (SSSR count). The Hall–Kier alpha value is -4.46. The Kier molecular flexibility index (Phi) is 9.42. The number of ether oxygens (including phenoxy) is 2. The van der Waals surface area contributed by atoms with E-state index in [1.165, 1.54) is 0 Å². The molecule has 0 N–H and O–H groups in total. The molecule has 1 heterocycles. The zero-order valence-corrected chi connectivity index (χ0v) is 27.8. The molecule has 5 aromatic rings. The van der Waals surface area contributed by atoms with Gasteiger partial charge in [0.1, 0.15) is 12.2 Å². The van der Waals surface area contributed by atoms with Crippen molar-refractivity contribution in [1.82, 2.24) is 4.57 Å². The van der Waals surface area contributed by atoms with Crippen molar-refractivity contribution in [3.8, 4) is 0 Å². The van der Waals surface area contributed by atoms with Gasteiger partial charge >= 0.3 is 12.1 Å². The van der Waals surface area contributed by atoms with Gasteiger partial charge in [-0.3, -0.25) is 0 Å². The Balaban J connectivity index is 1.66. The van der Waals surface area contributed by atoms with Gasteiger partial charge in [0, 0.05) is 22.1 Å². The second kappa shape index (κ2) is 13.3. The molecule has 1 aromatic heterocycles. The summed E-state index contributed by atoms with van der Waals surface area (Å²) < 4.78 is 20.2. The van der Waals surface area contributed by atoms with Crippen molar-refractivity contribution in [3.63, 3.8) is 0 Å². The maximum Gasteiger partial charge on any atom is 0.419 e. The van der Waals surface area contributed by atoms with Crippen molar-refractivity contribution in [1.29, 1.82) is 0 Å². The van der Waals surface area contributed by atoms with Gasteiger partial charge in [-0.2, -0.15) is 0 Å². The highest BCUT2D eigenvalue weighted by Crippen LogP contribution is 2.38. The SMILES string of the molecule is CC(C)(C)OC(=O)n1c(C(C)(C)C)c(CO[Si](c2ccccc2)c2ccccc2)c2c(C(=O)OCc3ccccc3)cccc21. The zero-order chi connectivity index (χ0) is 32.2. The molecule has 0 spiro atoms. The number of benzene rings is 4. The predicted octanol–water partition coefficient (Wildman–Crippen LogP) is 7.40. The molecule has 0 aliphatic rings. The third-order valence-corrected chi connectivity index (χ3v) is 9.39. The summed E-state index contributed by atoms with van der Waals surface area (Å²) in [6.45, 7) is 12.0. The Bertz CT molecular complexity index is 1730. The molecule has 4 aromatic carbocycles. The van der Waals surface area contributed by atoms with Crippen LogP contribution in [0.3, 0.4) is 0 Å². The molecule has 0 bridgehead atoms. The number of fused-ring (bicyclic) bond motifs is 1. The molecule has 0 atom stereocenters. The fraction of sp³-hybridized carbons (Fsp3) is 0.263. The largest absolute Gasteiger partial charge is 0.457 e. The quantitative estimate of drug-likeness (QED) is 0.134. The van der Waals surface area contributed by atoms with E-state index in [1.807, 2.05) is 93.6 Å². The smallest absolute Gasteiger partial charge is 0.419 e. The number of aromatic nitrogens is 1. The second-order valence-corrected chi connectivity index (χ2v) is 15.1. The van der Waals surface area contributed by atoms with E-state index in [4.69, 9.17) is 13.9 Å². The van der Waals surface area contributed by atoms with Crippen LogP contribution in [0.15, 0.2) is 109 Å². The number of hydrogen-bond acceptors (Lipinski definition) is 5. The van der Waals surface area contributed by atoms with Gasteiger partial charge in [-0.1, -0.05) is 118 Å². The molecular weight excluding hydrogens is 579 g/mol. The Morgan fingerprint density at radius 1 is 0.689 bits per heavy atom. The van der Waals surface area contributed by atoms with Crippen molar-refractivity contribution in [2.24, 2.45) is 0 Å². The molecule has 0 saturated carbocycles. The number of esters is 1. The summed E-state index contributed by atoms with van der Waals surface area (Å²) in [6.07, 6.45) is -0.505. The normalized spacial score (nSPS) is 12.0. The van der Waals surface area contributed by atoms with Gasteiger partial charge in [-0.15, -0.1) is 0 Å². The van der Waals surface area contributed by atoms with Gasteiger partial charge < -0.3 is 13.9 Å². The first-order valence-corrected chi connectivity index (χ1v) is 16.6. The minimum Gasteiger partial charge on any atom is -0.457 e. The van der Waals surface area contributed by atoms with E-state index >= 15 is 0 Å². The first-order chi connectivity index (χ1) is 21.4. The van der Waals surface area contributed by atoms with Gasteiger partial charge in [0.05, 0.1) is 17.7 Å². The lowest BCUT2D eigenvalue weighted by atomic mass is 9.88. The molecule has 6 nitrogen and oxygen atoms in total. The van der Waals surface area contributed by atoms with Crippen LogP contribution in [0.4, 0.5) is 4.79 Å². The summed E-state index contributed by atoms with van der Waals surface area (Å²) in [5, 5.41) is 2.84. The van der Waals surface area contributed by atoms with Crippen molar-refractivity contribution < 1.29 is 23.5 Å². The van der Waals surface area contributed by atoms with E-state index in [2.05, 4.69) is 45.0 Å². The summed E-state index contributed by atoms with van der Waals surface area (Å²) in [5.74, 6) is -0.468. The molecule has 0 amide bonds. The van der Waals surface area contributed by atoms with Crippen LogP contribution in [0.25, 0.3) is 10.9 Å². The van der Waals surface area contributed by atoms with Gasteiger partial charge in [0.15, 0.2) is 0 Å². The number of rotatable bonds is 8. The van der Waals surface area contributed by atoms with E-state index in [0.29, 0.717) is 16.5 Å². The van der Waals surface area contributed by atoms with E-state index in [0.717, 1.165) is 27.2 Å².